The van der Waals surface area contributed by atoms with Gasteiger partial charge in [-0.25, -0.2) is 0 Å². The molecule has 1 rings (SSSR count). The van der Waals surface area contributed by atoms with Gasteiger partial charge in [0.15, 0.2) is 0 Å². The Morgan fingerprint density at radius 2 is 2.06 bits per heavy atom. The molecular weight excluding hydrogens is 216 g/mol. The average molecular weight is 242 g/mol. The maximum Gasteiger partial charge on any atom is 0.238 e. The molecular formula is C12H26N4O. The number of carbonyl (C=O) groups is 1. The Balaban J connectivity index is 2.05. The van der Waals surface area contributed by atoms with Gasteiger partial charge in [0, 0.05) is 25.7 Å². The van der Waals surface area contributed by atoms with Crippen LogP contribution < -0.4 is 16.0 Å². The summed E-state index contributed by atoms with van der Waals surface area (Å²) in [7, 11) is 4.13. The number of unbranched alkanes of at least 4 members (excludes halogenated alkanes) is 1. The molecule has 2 unspecified atom stereocenters. The third kappa shape index (κ3) is 6.00. The summed E-state index contributed by atoms with van der Waals surface area (Å²) in [6.45, 7) is 5.56. The molecule has 0 aromatic rings. The summed E-state index contributed by atoms with van der Waals surface area (Å²) in [5.74, 6) is 0.120. The molecule has 0 aromatic carbocycles. The van der Waals surface area contributed by atoms with Gasteiger partial charge in [-0.1, -0.05) is 0 Å². The molecule has 0 saturated carbocycles. The zero-order chi connectivity index (χ0) is 12.7. The molecule has 1 saturated heterocycles. The quantitative estimate of drug-likeness (QED) is 0.544. The van der Waals surface area contributed by atoms with Gasteiger partial charge in [0.25, 0.3) is 0 Å². The molecule has 1 heterocycles. The number of amides is 1. The van der Waals surface area contributed by atoms with Crippen molar-refractivity contribution in [1.29, 1.82) is 0 Å². The van der Waals surface area contributed by atoms with Crippen LogP contribution >= 0.6 is 0 Å². The lowest BCUT2D eigenvalue weighted by atomic mass is 10.1. The van der Waals surface area contributed by atoms with Gasteiger partial charge >= 0.3 is 0 Å². The third-order valence-electron chi connectivity index (χ3n) is 2.99. The Morgan fingerprint density at radius 3 is 2.65 bits per heavy atom. The summed E-state index contributed by atoms with van der Waals surface area (Å²) in [5.41, 5.74) is 0. The second-order valence-electron chi connectivity index (χ2n) is 5.07. The van der Waals surface area contributed by atoms with Crippen molar-refractivity contribution in [2.45, 2.75) is 31.8 Å². The van der Waals surface area contributed by atoms with Crippen LogP contribution in [0.5, 0.6) is 0 Å². The maximum atomic E-state index is 11.8. The summed E-state index contributed by atoms with van der Waals surface area (Å²) >= 11 is 0. The van der Waals surface area contributed by atoms with E-state index in [0.717, 1.165) is 39.0 Å². The standard InChI is InChI=1S/C12H26N4O/c1-10-8-15-11(9-14-10)12(17)13-6-4-5-7-16(2)3/h10-11,14-15H,4-9H2,1-3H3,(H,13,17). The average Bonchev–Trinajstić information content (AvgIpc) is 2.29. The van der Waals surface area contributed by atoms with Gasteiger partial charge in [-0.2, -0.15) is 0 Å². The lowest BCUT2D eigenvalue weighted by Crippen LogP contribution is -2.58. The highest BCUT2D eigenvalue weighted by Gasteiger charge is 2.22. The van der Waals surface area contributed by atoms with Crippen LogP contribution in [-0.4, -0.2) is 63.2 Å². The number of nitrogens with one attached hydrogen (secondary N) is 3. The zero-order valence-corrected chi connectivity index (χ0v) is 11.3. The molecule has 100 valence electrons. The molecule has 3 N–H and O–H groups in total. The maximum absolute atomic E-state index is 11.8. The molecule has 5 heteroatoms. The van der Waals surface area contributed by atoms with Crippen molar-refractivity contribution in [3.05, 3.63) is 0 Å². The summed E-state index contributed by atoms with van der Waals surface area (Å²) in [4.78, 5) is 13.9. The molecule has 1 amide bonds. The van der Waals surface area contributed by atoms with E-state index < -0.39 is 0 Å². The molecule has 2 atom stereocenters. The van der Waals surface area contributed by atoms with E-state index in [2.05, 4.69) is 41.9 Å². The van der Waals surface area contributed by atoms with Crippen molar-refractivity contribution in [1.82, 2.24) is 20.9 Å². The number of hydrogen-bond acceptors (Lipinski definition) is 4. The molecule has 1 aliphatic rings. The predicted molar refractivity (Wildman–Crippen MR) is 70.1 cm³/mol. The first kappa shape index (κ1) is 14.4. The first-order valence-corrected chi connectivity index (χ1v) is 6.49. The molecule has 5 nitrogen and oxygen atoms in total. The van der Waals surface area contributed by atoms with Gasteiger partial charge in [0.2, 0.25) is 5.91 Å². The van der Waals surface area contributed by atoms with Gasteiger partial charge in [0.05, 0.1) is 6.04 Å². The minimum absolute atomic E-state index is 0.0694. The predicted octanol–water partition coefficient (Wildman–Crippen LogP) is -0.606. The third-order valence-corrected chi connectivity index (χ3v) is 2.99. The van der Waals surface area contributed by atoms with E-state index in [1.807, 2.05) is 0 Å². The molecule has 0 aliphatic carbocycles. The highest BCUT2D eigenvalue weighted by atomic mass is 16.2. The van der Waals surface area contributed by atoms with E-state index in [1.165, 1.54) is 0 Å². The zero-order valence-electron chi connectivity index (χ0n) is 11.3. The second-order valence-corrected chi connectivity index (χ2v) is 5.07. The highest BCUT2D eigenvalue weighted by Crippen LogP contribution is 1.94. The van der Waals surface area contributed by atoms with Gasteiger partial charge < -0.3 is 20.9 Å². The van der Waals surface area contributed by atoms with Crippen LogP contribution in [0.15, 0.2) is 0 Å². The second kappa shape index (κ2) is 7.63. The molecule has 0 bridgehead atoms. The molecule has 17 heavy (non-hydrogen) atoms. The van der Waals surface area contributed by atoms with Crippen molar-refractivity contribution in [2.75, 3.05) is 40.3 Å². The molecule has 0 radical (unpaired) electrons. The normalized spacial score (nSPS) is 24.9. The number of carbonyl (C=O) groups excluding carboxylic acids is 1. The molecule has 1 aliphatic heterocycles. The van der Waals surface area contributed by atoms with Crippen molar-refractivity contribution in [2.24, 2.45) is 0 Å². The van der Waals surface area contributed by atoms with E-state index in [9.17, 15) is 4.79 Å². The summed E-state index contributed by atoms with van der Waals surface area (Å²) in [6, 6.07) is 0.388. The van der Waals surface area contributed by atoms with Crippen molar-refractivity contribution in [3.8, 4) is 0 Å². The Labute approximate surface area is 104 Å². The minimum Gasteiger partial charge on any atom is -0.355 e. The molecule has 1 fully saturated rings. The Morgan fingerprint density at radius 1 is 1.29 bits per heavy atom. The van der Waals surface area contributed by atoms with Crippen molar-refractivity contribution in [3.63, 3.8) is 0 Å². The van der Waals surface area contributed by atoms with Crippen LogP contribution in [0.1, 0.15) is 19.8 Å². The fourth-order valence-electron chi connectivity index (χ4n) is 1.86. The van der Waals surface area contributed by atoms with Crippen LogP contribution in [0.4, 0.5) is 0 Å². The number of piperazine rings is 1. The summed E-state index contributed by atoms with van der Waals surface area (Å²) in [6.07, 6.45) is 2.17. The first-order valence-electron chi connectivity index (χ1n) is 6.49. The fraction of sp³-hybridized carbons (Fsp3) is 0.917. The Bertz CT molecular complexity index is 225. The van der Waals surface area contributed by atoms with Gasteiger partial charge in [-0.05, 0) is 40.4 Å². The Hall–Kier alpha value is -0.650. The van der Waals surface area contributed by atoms with Gasteiger partial charge in [-0.15, -0.1) is 0 Å². The first-order chi connectivity index (χ1) is 8.09. The van der Waals surface area contributed by atoms with Gasteiger partial charge in [-0.3, -0.25) is 4.79 Å². The van der Waals surface area contributed by atoms with E-state index in [1.54, 1.807) is 0 Å². The van der Waals surface area contributed by atoms with Crippen LogP contribution in [0.2, 0.25) is 0 Å². The smallest absolute Gasteiger partial charge is 0.238 e. The summed E-state index contributed by atoms with van der Waals surface area (Å²) < 4.78 is 0. The van der Waals surface area contributed by atoms with Crippen LogP contribution in [0.25, 0.3) is 0 Å². The molecule has 0 aromatic heterocycles. The number of nitrogens with zero attached hydrogens (tertiary/aromatic N) is 1. The number of hydrogen-bond donors (Lipinski definition) is 3. The van der Waals surface area contributed by atoms with Crippen molar-refractivity contribution < 1.29 is 4.79 Å². The van der Waals surface area contributed by atoms with Crippen LogP contribution in [0.3, 0.4) is 0 Å². The number of rotatable bonds is 6. The lowest BCUT2D eigenvalue weighted by molar-refractivity contribution is -0.123. The molecule has 0 spiro atoms. The van der Waals surface area contributed by atoms with Crippen LogP contribution in [-0.2, 0) is 4.79 Å². The van der Waals surface area contributed by atoms with E-state index in [0.29, 0.717) is 6.04 Å². The SMILES string of the molecule is CC1CNC(C(=O)NCCCCN(C)C)CN1. The monoisotopic (exact) mass is 242 g/mol. The van der Waals surface area contributed by atoms with Crippen molar-refractivity contribution >= 4 is 5.91 Å². The minimum atomic E-state index is -0.0694. The van der Waals surface area contributed by atoms with Gasteiger partial charge in [0.1, 0.15) is 0 Å². The van der Waals surface area contributed by atoms with E-state index >= 15 is 0 Å². The fourth-order valence-corrected chi connectivity index (χ4v) is 1.86. The van der Waals surface area contributed by atoms with Crippen LogP contribution in [0, 0.1) is 0 Å². The Kier molecular flexibility index (Phi) is 6.47. The van der Waals surface area contributed by atoms with E-state index in [4.69, 9.17) is 0 Å². The summed E-state index contributed by atoms with van der Waals surface area (Å²) in [5, 5.41) is 9.53. The largest absolute Gasteiger partial charge is 0.355 e. The topological polar surface area (TPSA) is 56.4 Å². The lowest BCUT2D eigenvalue weighted by Gasteiger charge is -2.28. The van der Waals surface area contributed by atoms with E-state index in [-0.39, 0.29) is 11.9 Å². The highest BCUT2D eigenvalue weighted by molar-refractivity contribution is 5.82.